The molecule has 0 bridgehead atoms. The molecule has 3 N–H and O–H groups in total. The van der Waals surface area contributed by atoms with Crippen LogP contribution in [0.2, 0.25) is 0 Å². The molecule has 0 aliphatic heterocycles. The summed E-state index contributed by atoms with van der Waals surface area (Å²) < 4.78 is 0. The van der Waals surface area contributed by atoms with E-state index in [1.807, 2.05) is 43.3 Å². The number of nitrogens with one attached hydrogen (secondary N) is 1. The summed E-state index contributed by atoms with van der Waals surface area (Å²) in [5.41, 5.74) is 1.82. The van der Waals surface area contributed by atoms with Crippen molar-refractivity contribution in [3.63, 3.8) is 0 Å². The SMILES string of the molecule is C=CCNC(CCC(=O)O)C(O)c1ccc(N(C)C)cc1. The van der Waals surface area contributed by atoms with Crippen LogP contribution in [0.1, 0.15) is 24.5 Å². The molecule has 0 radical (unpaired) electrons. The number of hydrogen-bond donors (Lipinski definition) is 3. The van der Waals surface area contributed by atoms with Gasteiger partial charge in [0.05, 0.1) is 6.10 Å². The zero-order chi connectivity index (χ0) is 15.8. The second-order valence-electron chi connectivity index (χ2n) is 5.17. The van der Waals surface area contributed by atoms with Crippen LogP contribution in [0.15, 0.2) is 36.9 Å². The highest BCUT2D eigenvalue weighted by atomic mass is 16.4. The number of carboxylic acid groups (broad SMARTS) is 1. The van der Waals surface area contributed by atoms with Crippen LogP contribution >= 0.6 is 0 Å². The van der Waals surface area contributed by atoms with Crippen molar-refractivity contribution in [2.45, 2.75) is 25.0 Å². The molecule has 0 amide bonds. The van der Waals surface area contributed by atoms with E-state index in [9.17, 15) is 9.90 Å². The van der Waals surface area contributed by atoms with Gasteiger partial charge < -0.3 is 20.4 Å². The minimum atomic E-state index is -0.865. The molecule has 0 aliphatic carbocycles. The van der Waals surface area contributed by atoms with E-state index in [-0.39, 0.29) is 12.5 Å². The lowest BCUT2D eigenvalue weighted by Gasteiger charge is -2.24. The Morgan fingerprint density at radius 2 is 2.00 bits per heavy atom. The van der Waals surface area contributed by atoms with E-state index in [0.29, 0.717) is 13.0 Å². The number of benzene rings is 1. The second kappa shape index (κ2) is 8.44. The lowest BCUT2D eigenvalue weighted by Crippen LogP contribution is -2.35. The molecular weight excluding hydrogens is 268 g/mol. The predicted octanol–water partition coefficient (Wildman–Crippen LogP) is 1.79. The molecular formula is C16H24N2O3. The van der Waals surface area contributed by atoms with Crippen molar-refractivity contribution in [3.8, 4) is 0 Å². The average Bonchev–Trinajstić information content (AvgIpc) is 2.46. The van der Waals surface area contributed by atoms with E-state index in [0.717, 1.165) is 11.3 Å². The first-order valence-electron chi connectivity index (χ1n) is 6.97. The van der Waals surface area contributed by atoms with Crippen LogP contribution in [-0.4, -0.2) is 42.9 Å². The lowest BCUT2D eigenvalue weighted by molar-refractivity contribution is -0.137. The number of carbonyl (C=O) groups is 1. The van der Waals surface area contributed by atoms with Gasteiger partial charge in [0.2, 0.25) is 0 Å². The Balaban J connectivity index is 2.79. The number of carboxylic acids is 1. The minimum Gasteiger partial charge on any atom is -0.481 e. The minimum absolute atomic E-state index is 0.0155. The van der Waals surface area contributed by atoms with E-state index < -0.39 is 12.1 Å². The van der Waals surface area contributed by atoms with Gasteiger partial charge in [0.1, 0.15) is 0 Å². The second-order valence-corrected chi connectivity index (χ2v) is 5.17. The van der Waals surface area contributed by atoms with Gasteiger partial charge in [-0.15, -0.1) is 6.58 Å². The monoisotopic (exact) mass is 292 g/mol. The van der Waals surface area contributed by atoms with E-state index in [1.165, 1.54) is 0 Å². The van der Waals surface area contributed by atoms with Gasteiger partial charge in [0.25, 0.3) is 0 Å². The molecule has 5 heteroatoms. The highest BCUT2D eigenvalue weighted by molar-refractivity contribution is 5.66. The molecule has 5 nitrogen and oxygen atoms in total. The normalized spacial score (nSPS) is 13.5. The molecule has 0 saturated carbocycles. The first-order chi connectivity index (χ1) is 9.95. The van der Waals surface area contributed by atoms with Gasteiger partial charge in [-0.2, -0.15) is 0 Å². The zero-order valence-corrected chi connectivity index (χ0v) is 12.6. The number of rotatable bonds is 9. The molecule has 1 aromatic rings. The molecule has 0 spiro atoms. The highest BCUT2D eigenvalue weighted by Crippen LogP contribution is 2.22. The van der Waals surface area contributed by atoms with Crippen LogP contribution in [0.25, 0.3) is 0 Å². The molecule has 0 heterocycles. The maximum absolute atomic E-state index is 10.7. The first kappa shape index (κ1) is 17.2. The third kappa shape index (κ3) is 5.57. The molecule has 1 rings (SSSR count). The van der Waals surface area contributed by atoms with Crippen LogP contribution in [-0.2, 0) is 4.79 Å². The molecule has 0 aliphatic rings. The van der Waals surface area contributed by atoms with Crippen LogP contribution < -0.4 is 10.2 Å². The number of aliphatic hydroxyl groups is 1. The quantitative estimate of drug-likeness (QED) is 0.605. The number of nitrogens with zero attached hydrogens (tertiary/aromatic N) is 1. The standard InChI is InChI=1S/C16H24N2O3/c1-4-11-17-14(9-10-15(19)20)16(21)12-5-7-13(8-6-12)18(2)3/h4-8,14,16-17,21H,1,9-11H2,2-3H3,(H,19,20). The summed E-state index contributed by atoms with van der Waals surface area (Å²) >= 11 is 0. The fourth-order valence-corrected chi connectivity index (χ4v) is 2.09. The number of aliphatic hydroxyl groups excluding tert-OH is 1. The Morgan fingerprint density at radius 1 is 1.38 bits per heavy atom. The van der Waals surface area contributed by atoms with E-state index >= 15 is 0 Å². The fraction of sp³-hybridized carbons (Fsp3) is 0.438. The summed E-state index contributed by atoms with van der Waals surface area (Å²) in [7, 11) is 3.90. The summed E-state index contributed by atoms with van der Waals surface area (Å²) in [6.45, 7) is 4.15. The average molecular weight is 292 g/mol. The van der Waals surface area contributed by atoms with Crippen molar-refractivity contribution < 1.29 is 15.0 Å². The Bertz CT molecular complexity index is 457. The van der Waals surface area contributed by atoms with Crippen LogP contribution in [0.4, 0.5) is 5.69 Å². The smallest absolute Gasteiger partial charge is 0.303 e. The van der Waals surface area contributed by atoms with Gasteiger partial charge in [0.15, 0.2) is 0 Å². The molecule has 0 fully saturated rings. The van der Waals surface area contributed by atoms with E-state index in [2.05, 4.69) is 11.9 Å². The maximum atomic E-state index is 10.7. The van der Waals surface area contributed by atoms with E-state index in [1.54, 1.807) is 6.08 Å². The summed E-state index contributed by atoms with van der Waals surface area (Å²) in [5, 5.41) is 22.4. The maximum Gasteiger partial charge on any atom is 0.303 e. The van der Waals surface area contributed by atoms with Crippen molar-refractivity contribution in [2.24, 2.45) is 0 Å². The fourth-order valence-electron chi connectivity index (χ4n) is 2.09. The number of aliphatic carboxylic acids is 1. The van der Waals surface area contributed by atoms with Gasteiger partial charge in [-0.1, -0.05) is 18.2 Å². The summed E-state index contributed by atoms with van der Waals surface area (Å²) in [6.07, 6.45) is 1.32. The first-order valence-corrected chi connectivity index (χ1v) is 6.97. The summed E-state index contributed by atoms with van der Waals surface area (Å²) in [5.74, 6) is -0.865. The lowest BCUT2D eigenvalue weighted by atomic mass is 9.98. The molecule has 2 unspecified atom stereocenters. The van der Waals surface area contributed by atoms with Gasteiger partial charge >= 0.3 is 5.97 Å². The third-order valence-corrected chi connectivity index (χ3v) is 3.33. The van der Waals surface area contributed by atoms with Crippen molar-refractivity contribution in [1.29, 1.82) is 0 Å². The number of anilines is 1. The van der Waals surface area contributed by atoms with Crippen LogP contribution in [0, 0.1) is 0 Å². The van der Waals surface area contributed by atoms with Crippen molar-refractivity contribution in [1.82, 2.24) is 5.32 Å². The summed E-state index contributed by atoms with van der Waals surface area (Å²) in [4.78, 5) is 12.7. The Hall–Kier alpha value is -1.85. The Labute approximate surface area is 125 Å². The van der Waals surface area contributed by atoms with Gasteiger partial charge in [-0.25, -0.2) is 0 Å². The van der Waals surface area contributed by atoms with Gasteiger partial charge in [-0.05, 0) is 24.1 Å². The topological polar surface area (TPSA) is 72.8 Å². The van der Waals surface area contributed by atoms with Crippen LogP contribution in [0.3, 0.4) is 0 Å². The van der Waals surface area contributed by atoms with Crippen molar-refractivity contribution in [2.75, 3.05) is 25.5 Å². The van der Waals surface area contributed by atoms with Gasteiger partial charge in [0, 0.05) is 38.8 Å². The number of hydrogen-bond acceptors (Lipinski definition) is 4. The predicted molar refractivity (Wildman–Crippen MR) is 84.6 cm³/mol. The Kier molecular flexibility index (Phi) is 6.91. The van der Waals surface area contributed by atoms with Crippen molar-refractivity contribution >= 4 is 11.7 Å². The molecule has 0 saturated heterocycles. The van der Waals surface area contributed by atoms with E-state index in [4.69, 9.17) is 5.11 Å². The van der Waals surface area contributed by atoms with Gasteiger partial charge in [-0.3, -0.25) is 4.79 Å². The largest absolute Gasteiger partial charge is 0.481 e. The van der Waals surface area contributed by atoms with Crippen LogP contribution in [0.5, 0.6) is 0 Å². The third-order valence-electron chi connectivity index (χ3n) is 3.33. The molecule has 116 valence electrons. The zero-order valence-electron chi connectivity index (χ0n) is 12.6. The molecule has 2 atom stereocenters. The summed E-state index contributed by atoms with van der Waals surface area (Å²) in [6, 6.07) is 7.28. The van der Waals surface area contributed by atoms with Crippen molar-refractivity contribution in [3.05, 3.63) is 42.5 Å². The molecule has 1 aromatic carbocycles. The molecule has 0 aromatic heterocycles. The Morgan fingerprint density at radius 3 is 2.48 bits per heavy atom. The molecule has 21 heavy (non-hydrogen) atoms. The highest BCUT2D eigenvalue weighted by Gasteiger charge is 2.21.